The number of hydrogen-bond donors (Lipinski definition) is 2. The van der Waals surface area contributed by atoms with E-state index >= 15 is 0 Å². The average molecular weight is 420 g/mol. The van der Waals surface area contributed by atoms with Gasteiger partial charge in [-0.15, -0.1) is 0 Å². The topological polar surface area (TPSA) is 53.1 Å². The Bertz CT molecular complexity index is 1070. The maximum absolute atomic E-state index is 12.7. The third-order valence-electron chi connectivity index (χ3n) is 5.16. The van der Waals surface area contributed by atoms with Gasteiger partial charge in [-0.05, 0) is 53.9 Å². The predicted octanol–water partition coefficient (Wildman–Crippen LogP) is 5.48. The molecule has 4 aromatic rings. The monoisotopic (exact) mass is 419 g/mol. The molecule has 0 saturated carbocycles. The molecule has 27 heavy (non-hydrogen) atoms. The lowest BCUT2D eigenvalue weighted by Crippen LogP contribution is -2.32. The molecule has 0 aliphatic rings. The van der Waals surface area contributed by atoms with Gasteiger partial charge in [-0.3, -0.25) is 0 Å². The van der Waals surface area contributed by atoms with Crippen LogP contribution < -0.4 is 0 Å². The summed E-state index contributed by atoms with van der Waals surface area (Å²) in [6.07, 6.45) is 0.986. The van der Waals surface area contributed by atoms with Crippen LogP contribution in [0.4, 0.5) is 0 Å². The van der Waals surface area contributed by atoms with E-state index in [1.807, 2.05) is 49.4 Å². The number of rotatable bonds is 4. The Labute approximate surface area is 165 Å². The second-order valence-corrected chi connectivity index (χ2v) is 7.57. The molecular weight excluding hydrogens is 402 g/mol. The number of para-hydroxylation sites is 1. The number of aromatic hydroxyl groups is 1. The number of phenols is 1. The quantitative estimate of drug-likeness (QED) is 0.430. The summed E-state index contributed by atoms with van der Waals surface area (Å²) in [5.74, 6) is 0.169. The van der Waals surface area contributed by atoms with E-state index in [0.717, 1.165) is 44.0 Å². The third kappa shape index (κ3) is 2.77. The number of carbonyl (C=O) groups is 1. The zero-order chi connectivity index (χ0) is 19.0. The van der Waals surface area contributed by atoms with E-state index in [1.165, 1.54) is 0 Å². The van der Waals surface area contributed by atoms with Gasteiger partial charge in [-0.2, -0.15) is 0 Å². The Morgan fingerprint density at radius 3 is 2.11 bits per heavy atom. The Kier molecular flexibility index (Phi) is 4.36. The SMILES string of the molecule is Cc1c([C@@](C=O)(c2ccc(O)cc2)c2ccc(Br)cc2)[nH]c2ccccc12. The number of nitrogens with one attached hydrogen (secondary N) is 1. The Morgan fingerprint density at radius 1 is 0.926 bits per heavy atom. The number of aromatic nitrogens is 1. The predicted molar refractivity (Wildman–Crippen MR) is 111 cm³/mol. The van der Waals surface area contributed by atoms with E-state index in [-0.39, 0.29) is 5.75 Å². The van der Waals surface area contributed by atoms with Crippen molar-refractivity contribution in [2.24, 2.45) is 0 Å². The largest absolute Gasteiger partial charge is 0.508 e. The Hall–Kier alpha value is -2.85. The van der Waals surface area contributed by atoms with Crippen LogP contribution in [-0.2, 0) is 10.2 Å². The zero-order valence-corrected chi connectivity index (χ0v) is 16.3. The van der Waals surface area contributed by atoms with Gasteiger partial charge in [-0.25, -0.2) is 0 Å². The molecule has 2 N–H and O–H groups in total. The van der Waals surface area contributed by atoms with Crippen molar-refractivity contribution in [1.82, 2.24) is 4.98 Å². The van der Waals surface area contributed by atoms with E-state index in [4.69, 9.17) is 0 Å². The van der Waals surface area contributed by atoms with Gasteiger partial charge in [0.1, 0.15) is 17.5 Å². The Balaban J connectivity index is 2.08. The molecule has 0 unspecified atom stereocenters. The van der Waals surface area contributed by atoms with Crippen LogP contribution in [0, 0.1) is 6.92 Å². The maximum atomic E-state index is 12.7. The number of phenolic OH excluding ortho intramolecular Hbond substituents is 1. The minimum absolute atomic E-state index is 0.169. The molecule has 0 aliphatic heterocycles. The lowest BCUT2D eigenvalue weighted by molar-refractivity contribution is -0.110. The normalized spacial score (nSPS) is 13.4. The number of fused-ring (bicyclic) bond motifs is 1. The molecule has 3 nitrogen and oxygen atoms in total. The summed E-state index contributed by atoms with van der Waals surface area (Å²) in [6.45, 7) is 2.03. The molecule has 0 bridgehead atoms. The van der Waals surface area contributed by atoms with Gasteiger partial charge in [0.15, 0.2) is 0 Å². The number of hydrogen-bond acceptors (Lipinski definition) is 2. The number of carbonyl (C=O) groups excluding carboxylic acids is 1. The molecule has 134 valence electrons. The van der Waals surface area contributed by atoms with Crippen LogP contribution in [0.1, 0.15) is 22.4 Å². The standard InChI is InChI=1S/C23H18BrNO2/c1-15-20-4-2-3-5-21(20)25-22(15)23(14-26,16-6-10-18(24)11-7-16)17-8-12-19(27)13-9-17/h2-14,25,27H,1H3/t23-/m1/s1. The van der Waals surface area contributed by atoms with E-state index in [9.17, 15) is 9.90 Å². The van der Waals surface area contributed by atoms with Gasteiger partial charge in [0.05, 0.1) is 0 Å². The van der Waals surface area contributed by atoms with Gasteiger partial charge in [0.25, 0.3) is 0 Å². The highest BCUT2D eigenvalue weighted by molar-refractivity contribution is 9.10. The molecule has 0 fully saturated rings. The summed E-state index contributed by atoms with van der Waals surface area (Å²) in [4.78, 5) is 16.2. The third-order valence-corrected chi connectivity index (χ3v) is 5.69. The number of aryl methyl sites for hydroxylation is 1. The highest BCUT2D eigenvalue weighted by atomic mass is 79.9. The summed E-state index contributed by atoms with van der Waals surface area (Å²) < 4.78 is 0.949. The van der Waals surface area contributed by atoms with Gasteiger partial charge >= 0.3 is 0 Å². The van der Waals surface area contributed by atoms with Crippen molar-refractivity contribution in [3.8, 4) is 5.75 Å². The molecule has 4 heteroatoms. The zero-order valence-electron chi connectivity index (χ0n) is 14.7. The van der Waals surface area contributed by atoms with Crippen molar-refractivity contribution in [3.05, 3.63) is 99.7 Å². The first-order chi connectivity index (χ1) is 13.1. The van der Waals surface area contributed by atoms with Gasteiger partial charge in [0, 0.05) is 21.1 Å². The van der Waals surface area contributed by atoms with Gasteiger partial charge < -0.3 is 14.9 Å². The van der Waals surface area contributed by atoms with Crippen LogP contribution in [0.2, 0.25) is 0 Å². The molecule has 0 radical (unpaired) electrons. The van der Waals surface area contributed by atoms with Gasteiger partial charge in [0.2, 0.25) is 0 Å². The minimum Gasteiger partial charge on any atom is -0.508 e. The lowest BCUT2D eigenvalue weighted by atomic mass is 9.72. The van der Waals surface area contributed by atoms with Crippen molar-refractivity contribution in [2.75, 3.05) is 0 Å². The summed E-state index contributed by atoms with van der Waals surface area (Å²) in [5, 5.41) is 10.8. The summed E-state index contributed by atoms with van der Waals surface area (Å²) in [7, 11) is 0. The van der Waals surface area contributed by atoms with Gasteiger partial charge in [-0.1, -0.05) is 58.4 Å². The highest BCUT2D eigenvalue weighted by Gasteiger charge is 2.39. The van der Waals surface area contributed by atoms with E-state index in [1.54, 1.807) is 24.3 Å². The first-order valence-electron chi connectivity index (χ1n) is 8.66. The van der Waals surface area contributed by atoms with E-state index < -0.39 is 5.41 Å². The second kappa shape index (κ2) is 6.71. The molecule has 0 amide bonds. The first-order valence-corrected chi connectivity index (χ1v) is 9.45. The molecule has 0 spiro atoms. The second-order valence-electron chi connectivity index (χ2n) is 6.65. The van der Waals surface area contributed by atoms with E-state index in [2.05, 4.69) is 27.0 Å². The number of halogens is 1. The molecule has 1 heterocycles. The summed E-state index contributed by atoms with van der Waals surface area (Å²) >= 11 is 3.47. The van der Waals surface area contributed by atoms with Crippen molar-refractivity contribution >= 4 is 33.1 Å². The fourth-order valence-corrected chi connectivity index (χ4v) is 4.03. The average Bonchev–Trinajstić information content (AvgIpc) is 3.03. The molecular formula is C23H18BrNO2. The van der Waals surface area contributed by atoms with Crippen molar-refractivity contribution in [2.45, 2.75) is 12.3 Å². The maximum Gasteiger partial charge on any atom is 0.140 e. The highest BCUT2D eigenvalue weighted by Crippen LogP contribution is 2.41. The van der Waals surface area contributed by atoms with Crippen LogP contribution in [-0.4, -0.2) is 16.4 Å². The van der Waals surface area contributed by atoms with Crippen LogP contribution in [0.3, 0.4) is 0 Å². The molecule has 4 rings (SSSR count). The first kappa shape index (κ1) is 17.6. The number of aldehydes is 1. The summed E-state index contributed by atoms with van der Waals surface area (Å²) in [5.41, 5.74) is 3.53. The van der Waals surface area contributed by atoms with Crippen LogP contribution in [0.25, 0.3) is 10.9 Å². The smallest absolute Gasteiger partial charge is 0.140 e. The summed E-state index contributed by atoms with van der Waals surface area (Å²) in [6, 6.07) is 22.7. The van der Waals surface area contributed by atoms with Crippen molar-refractivity contribution in [3.63, 3.8) is 0 Å². The van der Waals surface area contributed by atoms with Crippen molar-refractivity contribution in [1.29, 1.82) is 0 Å². The van der Waals surface area contributed by atoms with Crippen LogP contribution in [0.5, 0.6) is 5.75 Å². The van der Waals surface area contributed by atoms with Crippen LogP contribution in [0.15, 0.2) is 77.3 Å². The van der Waals surface area contributed by atoms with Crippen molar-refractivity contribution < 1.29 is 9.90 Å². The molecule has 1 atom stereocenters. The lowest BCUT2D eigenvalue weighted by Gasteiger charge is -2.30. The van der Waals surface area contributed by atoms with Crippen LogP contribution >= 0.6 is 15.9 Å². The fraction of sp³-hybridized carbons (Fsp3) is 0.0870. The molecule has 0 saturated heterocycles. The minimum atomic E-state index is -1.00. The van der Waals surface area contributed by atoms with E-state index in [0.29, 0.717) is 0 Å². The fourth-order valence-electron chi connectivity index (χ4n) is 3.76. The number of H-pyrrole nitrogens is 1. The molecule has 1 aromatic heterocycles. The number of benzene rings is 3. The molecule has 3 aromatic carbocycles. The Morgan fingerprint density at radius 2 is 1.52 bits per heavy atom. The number of aromatic amines is 1. The molecule has 0 aliphatic carbocycles.